The number of allylic oxidation sites excluding steroid dienone is 10. The second kappa shape index (κ2) is 29.2. The second-order valence-corrected chi connectivity index (χ2v) is 9.91. The molecule has 0 heterocycles. The quantitative estimate of drug-likeness (QED) is 0.0689. The summed E-state index contributed by atoms with van der Waals surface area (Å²) in [5.74, 6) is -0.816. The molecule has 0 aromatic rings. The predicted octanol–water partition coefficient (Wildman–Crippen LogP) is 10.2. The van der Waals surface area contributed by atoms with Crippen LogP contribution in [0, 0.1) is 0 Å². The SMILES string of the molecule is CC/C=C\C/C=C\C/C=C\C/C=C\C/C=C\CCCCCC(=O)OC(CCCCC)CCCCCC(=O)O. The summed E-state index contributed by atoms with van der Waals surface area (Å²) in [7, 11) is 0. The number of aliphatic carboxylic acids is 1. The molecule has 0 bridgehead atoms. The van der Waals surface area contributed by atoms with E-state index >= 15 is 0 Å². The van der Waals surface area contributed by atoms with Gasteiger partial charge in [0, 0.05) is 12.8 Å². The fourth-order valence-corrected chi connectivity index (χ4v) is 4.03. The van der Waals surface area contributed by atoms with Crippen molar-refractivity contribution < 1.29 is 19.4 Å². The number of carbonyl (C=O) groups excluding carboxylic acids is 1. The van der Waals surface area contributed by atoms with Crippen LogP contribution in [0.15, 0.2) is 60.8 Å². The molecule has 0 fully saturated rings. The Kier molecular flexibility index (Phi) is 27.4. The molecule has 0 aromatic heterocycles. The first-order valence-corrected chi connectivity index (χ1v) is 15.3. The highest BCUT2D eigenvalue weighted by Crippen LogP contribution is 2.16. The summed E-state index contributed by atoms with van der Waals surface area (Å²) in [5.41, 5.74) is 0. The summed E-state index contributed by atoms with van der Waals surface area (Å²) >= 11 is 0. The first-order chi connectivity index (χ1) is 18.6. The van der Waals surface area contributed by atoms with E-state index in [-0.39, 0.29) is 18.5 Å². The summed E-state index contributed by atoms with van der Waals surface area (Å²) in [6, 6.07) is 0. The molecule has 4 heteroatoms. The molecule has 216 valence electrons. The lowest BCUT2D eigenvalue weighted by atomic mass is 10.0. The van der Waals surface area contributed by atoms with Crippen LogP contribution in [0.4, 0.5) is 0 Å². The predicted molar refractivity (Wildman–Crippen MR) is 162 cm³/mol. The lowest BCUT2D eigenvalue weighted by Gasteiger charge is -2.18. The molecule has 0 saturated carbocycles. The molecule has 1 N–H and O–H groups in total. The summed E-state index contributed by atoms with van der Waals surface area (Å²) < 4.78 is 5.77. The fraction of sp³-hybridized carbons (Fsp3) is 0.647. The van der Waals surface area contributed by atoms with E-state index in [2.05, 4.69) is 74.6 Å². The Labute approximate surface area is 234 Å². The Hall–Kier alpha value is -2.36. The minimum absolute atomic E-state index is 0.0137. The van der Waals surface area contributed by atoms with Crippen LogP contribution >= 0.6 is 0 Å². The normalized spacial score (nSPS) is 13.1. The van der Waals surface area contributed by atoms with E-state index in [0.717, 1.165) is 103 Å². The smallest absolute Gasteiger partial charge is 0.306 e. The van der Waals surface area contributed by atoms with E-state index in [0.29, 0.717) is 12.8 Å². The summed E-state index contributed by atoms with van der Waals surface area (Å²) in [6.45, 7) is 4.33. The van der Waals surface area contributed by atoms with Crippen LogP contribution in [0.3, 0.4) is 0 Å². The van der Waals surface area contributed by atoms with Gasteiger partial charge in [-0.25, -0.2) is 0 Å². The maximum Gasteiger partial charge on any atom is 0.306 e. The number of hydrogen-bond acceptors (Lipinski definition) is 3. The zero-order valence-electron chi connectivity index (χ0n) is 24.5. The van der Waals surface area contributed by atoms with Gasteiger partial charge >= 0.3 is 11.9 Å². The zero-order valence-corrected chi connectivity index (χ0v) is 24.5. The molecule has 1 atom stereocenters. The third kappa shape index (κ3) is 28.2. The number of esters is 1. The van der Waals surface area contributed by atoms with Gasteiger partial charge in [0.15, 0.2) is 0 Å². The van der Waals surface area contributed by atoms with Crippen molar-refractivity contribution in [3.63, 3.8) is 0 Å². The standard InChI is InChI=1S/C34H56O4/c1-3-5-7-8-9-10-11-12-13-14-15-16-17-18-19-20-21-22-27-31-34(37)38-32(28-24-6-4-2)29-25-23-26-30-33(35)36/h5,7,9-10,12-13,15-16,18-19,32H,3-4,6,8,11,14,17,20-31H2,1-2H3,(H,35,36)/b7-5-,10-9-,13-12-,16-15-,19-18-. The fourth-order valence-electron chi connectivity index (χ4n) is 4.03. The van der Waals surface area contributed by atoms with Gasteiger partial charge in [-0.15, -0.1) is 0 Å². The molecule has 0 aliphatic rings. The Morgan fingerprint density at radius 1 is 0.605 bits per heavy atom. The third-order valence-electron chi connectivity index (χ3n) is 6.25. The minimum Gasteiger partial charge on any atom is -0.481 e. The molecule has 4 nitrogen and oxygen atoms in total. The van der Waals surface area contributed by atoms with Gasteiger partial charge in [-0.3, -0.25) is 9.59 Å². The highest BCUT2D eigenvalue weighted by molar-refractivity contribution is 5.69. The molecule has 0 saturated heterocycles. The van der Waals surface area contributed by atoms with Gasteiger partial charge < -0.3 is 9.84 Å². The van der Waals surface area contributed by atoms with E-state index in [9.17, 15) is 9.59 Å². The monoisotopic (exact) mass is 528 g/mol. The van der Waals surface area contributed by atoms with Crippen molar-refractivity contribution in [2.24, 2.45) is 0 Å². The molecule has 38 heavy (non-hydrogen) atoms. The lowest BCUT2D eigenvalue weighted by molar-refractivity contribution is -0.150. The number of carboxylic acids is 1. The lowest BCUT2D eigenvalue weighted by Crippen LogP contribution is -2.18. The Bertz CT molecular complexity index is 699. The summed E-state index contributed by atoms with van der Waals surface area (Å²) in [5, 5.41) is 8.76. The topological polar surface area (TPSA) is 63.6 Å². The maximum atomic E-state index is 12.3. The number of rotatable bonds is 26. The van der Waals surface area contributed by atoms with Gasteiger partial charge in [-0.2, -0.15) is 0 Å². The molecular weight excluding hydrogens is 472 g/mol. The minimum atomic E-state index is -0.739. The summed E-state index contributed by atoms with van der Waals surface area (Å²) in [4.78, 5) is 23.0. The summed E-state index contributed by atoms with van der Waals surface area (Å²) in [6.07, 6.45) is 39.7. The molecule has 1 unspecified atom stereocenters. The van der Waals surface area contributed by atoms with Gasteiger partial charge in [0.1, 0.15) is 6.10 Å². The molecule has 0 aliphatic heterocycles. The van der Waals surface area contributed by atoms with Crippen molar-refractivity contribution in [3.8, 4) is 0 Å². The zero-order chi connectivity index (χ0) is 27.9. The van der Waals surface area contributed by atoms with Gasteiger partial charge in [-0.1, -0.05) is 100 Å². The molecule has 0 aromatic carbocycles. The van der Waals surface area contributed by atoms with E-state index in [1.165, 1.54) is 0 Å². The number of hydrogen-bond donors (Lipinski definition) is 1. The first-order valence-electron chi connectivity index (χ1n) is 15.3. The van der Waals surface area contributed by atoms with Crippen molar-refractivity contribution in [3.05, 3.63) is 60.8 Å². The third-order valence-corrected chi connectivity index (χ3v) is 6.25. The Morgan fingerprint density at radius 3 is 1.66 bits per heavy atom. The van der Waals surface area contributed by atoms with Crippen LogP contribution in [-0.2, 0) is 14.3 Å². The van der Waals surface area contributed by atoms with Gasteiger partial charge in [-0.05, 0) is 83.5 Å². The second-order valence-electron chi connectivity index (χ2n) is 9.91. The van der Waals surface area contributed by atoms with E-state index in [1.54, 1.807) is 0 Å². The van der Waals surface area contributed by atoms with Crippen molar-refractivity contribution in [1.29, 1.82) is 0 Å². The highest BCUT2D eigenvalue weighted by Gasteiger charge is 2.14. The highest BCUT2D eigenvalue weighted by atomic mass is 16.5. The molecule has 0 spiro atoms. The van der Waals surface area contributed by atoms with Crippen LogP contribution in [-0.4, -0.2) is 23.1 Å². The maximum absolute atomic E-state index is 12.3. The number of carboxylic acid groups (broad SMARTS) is 1. The number of unbranched alkanes of at least 4 members (excludes halogenated alkanes) is 7. The van der Waals surface area contributed by atoms with Crippen LogP contribution in [0.5, 0.6) is 0 Å². The molecule has 0 aliphatic carbocycles. The molecule has 0 rings (SSSR count). The van der Waals surface area contributed by atoms with Crippen molar-refractivity contribution in [2.75, 3.05) is 0 Å². The molecular formula is C34H56O4. The van der Waals surface area contributed by atoms with Crippen LogP contribution in [0.1, 0.15) is 136 Å². The number of carbonyl (C=O) groups is 2. The van der Waals surface area contributed by atoms with Gasteiger partial charge in [0.05, 0.1) is 0 Å². The van der Waals surface area contributed by atoms with Crippen LogP contribution < -0.4 is 0 Å². The first kappa shape index (κ1) is 35.6. The van der Waals surface area contributed by atoms with Crippen molar-refractivity contribution >= 4 is 11.9 Å². The molecule has 0 radical (unpaired) electrons. The van der Waals surface area contributed by atoms with Gasteiger partial charge in [0.2, 0.25) is 0 Å². The van der Waals surface area contributed by atoms with Crippen LogP contribution in [0.25, 0.3) is 0 Å². The van der Waals surface area contributed by atoms with Crippen molar-refractivity contribution in [1.82, 2.24) is 0 Å². The average Bonchev–Trinajstić information content (AvgIpc) is 2.89. The Balaban J connectivity index is 3.84. The van der Waals surface area contributed by atoms with E-state index in [1.807, 2.05) is 0 Å². The largest absolute Gasteiger partial charge is 0.481 e. The van der Waals surface area contributed by atoms with Gasteiger partial charge in [0.25, 0.3) is 0 Å². The average molecular weight is 529 g/mol. The Morgan fingerprint density at radius 2 is 1.11 bits per heavy atom. The van der Waals surface area contributed by atoms with Crippen LogP contribution in [0.2, 0.25) is 0 Å². The van der Waals surface area contributed by atoms with E-state index in [4.69, 9.17) is 9.84 Å². The van der Waals surface area contributed by atoms with Crippen molar-refractivity contribution in [2.45, 2.75) is 142 Å². The van der Waals surface area contributed by atoms with E-state index < -0.39 is 5.97 Å². The molecule has 0 amide bonds. The number of ether oxygens (including phenoxy) is 1.